The molecule has 1 saturated carbocycles. The van der Waals surface area contributed by atoms with Crippen LogP contribution in [0.1, 0.15) is 23.2 Å². The third kappa shape index (κ3) is 2.63. The molecule has 0 spiro atoms. The van der Waals surface area contributed by atoms with Gasteiger partial charge in [0.1, 0.15) is 6.17 Å². The summed E-state index contributed by atoms with van der Waals surface area (Å²) < 4.78 is 15.7. The number of halogens is 2. The minimum absolute atomic E-state index is 0.184. The van der Waals surface area contributed by atoms with Crippen LogP contribution in [-0.4, -0.2) is 28.1 Å². The van der Waals surface area contributed by atoms with E-state index < -0.39 is 6.17 Å². The van der Waals surface area contributed by atoms with E-state index >= 15 is 0 Å². The van der Waals surface area contributed by atoms with Crippen LogP contribution in [0.15, 0.2) is 42.6 Å². The van der Waals surface area contributed by atoms with Gasteiger partial charge in [0.15, 0.2) is 0 Å². The summed E-state index contributed by atoms with van der Waals surface area (Å²) in [4.78, 5) is 12.5. The lowest BCUT2D eigenvalue weighted by atomic mass is 9.89. The minimum atomic E-state index is -1.10. The first-order chi connectivity index (χ1) is 10.5. The Hall–Kier alpha value is -1.81. The molecular weight excluding hydrogens is 303 g/mol. The molecule has 1 heterocycles. The molecule has 1 amide bonds. The van der Waals surface area contributed by atoms with Crippen molar-refractivity contribution in [2.45, 2.75) is 30.4 Å². The maximum atomic E-state index is 13.8. The van der Waals surface area contributed by atoms with Gasteiger partial charge in [0.25, 0.3) is 5.91 Å². The highest BCUT2D eigenvalue weighted by atomic mass is 35.5. The number of carbonyl (C=O) groups is 1. The van der Waals surface area contributed by atoms with Gasteiger partial charge in [-0.2, -0.15) is 0 Å². The first kappa shape index (κ1) is 15.1. The van der Waals surface area contributed by atoms with Crippen LogP contribution in [0.25, 0.3) is 10.9 Å². The van der Waals surface area contributed by atoms with E-state index in [2.05, 4.69) is 11.9 Å². The predicted molar refractivity (Wildman–Crippen MR) is 87.1 cm³/mol. The molecule has 3 rings (SSSR count). The van der Waals surface area contributed by atoms with E-state index in [0.717, 1.165) is 10.9 Å². The first-order valence-corrected chi connectivity index (χ1v) is 7.71. The van der Waals surface area contributed by atoms with E-state index in [1.807, 2.05) is 35.9 Å². The van der Waals surface area contributed by atoms with E-state index in [9.17, 15) is 9.18 Å². The summed E-state index contributed by atoms with van der Waals surface area (Å²) >= 11 is 6.25. The van der Waals surface area contributed by atoms with Crippen molar-refractivity contribution in [3.8, 4) is 0 Å². The summed E-state index contributed by atoms with van der Waals surface area (Å²) in [6, 6.07) is 7.31. The molecule has 3 nitrogen and oxygen atoms in total. The Bertz CT molecular complexity index is 739. The number of fused-ring (bicyclic) bond motifs is 1. The molecule has 0 saturated heterocycles. The van der Waals surface area contributed by atoms with E-state index in [1.165, 1.54) is 0 Å². The van der Waals surface area contributed by atoms with Crippen LogP contribution in [0.3, 0.4) is 0 Å². The molecular formula is C17H18ClFN2O. The van der Waals surface area contributed by atoms with Crippen molar-refractivity contribution in [3.05, 3.63) is 48.2 Å². The third-order valence-corrected chi connectivity index (χ3v) is 4.71. The molecule has 5 heteroatoms. The summed E-state index contributed by atoms with van der Waals surface area (Å²) in [5.74, 6) is -0.216. The van der Waals surface area contributed by atoms with Gasteiger partial charge in [0.2, 0.25) is 0 Å². The maximum Gasteiger partial charge on any atom is 0.253 e. The average molecular weight is 321 g/mol. The Balaban J connectivity index is 1.83. The lowest BCUT2D eigenvalue weighted by Crippen LogP contribution is -2.46. The van der Waals surface area contributed by atoms with Crippen LogP contribution in [0.5, 0.6) is 0 Å². The normalized spacial score (nSPS) is 25.4. The number of alkyl halides is 2. The van der Waals surface area contributed by atoms with Gasteiger partial charge in [-0.1, -0.05) is 24.8 Å². The molecule has 3 unspecified atom stereocenters. The van der Waals surface area contributed by atoms with Gasteiger partial charge < -0.3 is 9.88 Å². The summed E-state index contributed by atoms with van der Waals surface area (Å²) in [7, 11) is 1.89. The number of aryl methyl sites for hydroxylation is 1. The molecule has 3 atom stereocenters. The predicted octanol–water partition coefficient (Wildman–Crippen LogP) is 3.57. The van der Waals surface area contributed by atoms with Crippen molar-refractivity contribution >= 4 is 28.4 Å². The number of allylic oxidation sites excluding steroid dienone is 1. The zero-order chi connectivity index (χ0) is 15.9. The van der Waals surface area contributed by atoms with Crippen LogP contribution >= 0.6 is 11.6 Å². The molecule has 22 heavy (non-hydrogen) atoms. The Labute approximate surface area is 133 Å². The lowest BCUT2D eigenvalue weighted by Gasteiger charge is -2.31. The quantitative estimate of drug-likeness (QED) is 0.666. The second-order valence-corrected chi connectivity index (χ2v) is 6.39. The fourth-order valence-electron chi connectivity index (χ4n) is 2.98. The van der Waals surface area contributed by atoms with Gasteiger partial charge in [-0.05, 0) is 18.1 Å². The largest absolute Gasteiger partial charge is 0.350 e. The topological polar surface area (TPSA) is 34.0 Å². The molecule has 0 bridgehead atoms. The molecule has 1 aromatic heterocycles. The van der Waals surface area contributed by atoms with Gasteiger partial charge in [-0.15, -0.1) is 11.6 Å². The molecule has 1 N–H and O–H groups in total. The number of nitrogens with zero attached hydrogens (tertiary/aromatic N) is 1. The van der Waals surface area contributed by atoms with E-state index in [1.54, 1.807) is 6.20 Å². The SMILES string of the molecule is C=C1CC(Cl)C(NC(=O)c2cn(C)c3ccccc23)CC1F. The number of amides is 1. The summed E-state index contributed by atoms with van der Waals surface area (Å²) in [5.41, 5.74) is 2.08. The van der Waals surface area contributed by atoms with Gasteiger partial charge in [0, 0.05) is 36.6 Å². The van der Waals surface area contributed by atoms with Crippen molar-refractivity contribution in [1.82, 2.24) is 9.88 Å². The maximum absolute atomic E-state index is 13.8. The van der Waals surface area contributed by atoms with E-state index in [4.69, 9.17) is 11.6 Å². The zero-order valence-electron chi connectivity index (χ0n) is 12.4. The van der Waals surface area contributed by atoms with Crippen LogP contribution in [0.4, 0.5) is 4.39 Å². The monoisotopic (exact) mass is 320 g/mol. The Morgan fingerprint density at radius 2 is 2.18 bits per heavy atom. The average Bonchev–Trinajstić information content (AvgIpc) is 2.83. The van der Waals surface area contributed by atoms with Crippen LogP contribution in [0, 0.1) is 0 Å². The van der Waals surface area contributed by atoms with Gasteiger partial charge in [0.05, 0.1) is 10.9 Å². The third-order valence-electron chi connectivity index (χ3n) is 4.26. The minimum Gasteiger partial charge on any atom is -0.350 e. The highest BCUT2D eigenvalue weighted by molar-refractivity contribution is 6.21. The fourth-order valence-corrected chi connectivity index (χ4v) is 3.34. The lowest BCUT2D eigenvalue weighted by molar-refractivity contribution is 0.0925. The number of para-hydroxylation sites is 1. The Kier molecular flexibility index (Phi) is 3.96. The molecule has 1 aromatic carbocycles. The van der Waals surface area contributed by atoms with Crippen LogP contribution in [0.2, 0.25) is 0 Å². The number of hydrogen-bond acceptors (Lipinski definition) is 1. The molecule has 0 aliphatic heterocycles. The number of benzene rings is 1. The van der Waals surface area contributed by atoms with Gasteiger partial charge in [-0.3, -0.25) is 4.79 Å². The second-order valence-electron chi connectivity index (χ2n) is 5.83. The van der Waals surface area contributed by atoms with Crippen molar-refractivity contribution < 1.29 is 9.18 Å². The van der Waals surface area contributed by atoms with Crippen molar-refractivity contribution in [3.63, 3.8) is 0 Å². The molecule has 2 aromatic rings. The fraction of sp³-hybridized carbons (Fsp3) is 0.353. The van der Waals surface area contributed by atoms with Crippen LogP contribution in [-0.2, 0) is 7.05 Å². The number of carbonyl (C=O) groups excluding carboxylic acids is 1. The van der Waals surface area contributed by atoms with Gasteiger partial charge >= 0.3 is 0 Å². The highest BCUT2D eigenvalue weighted by Crippen LogP contribution is 2.29. The molecule has 1 fully saturated rings. The van der Waals surface area contributed by atoms with E-state index in [-0.39, 0.29) is 23.7 Å². The molecule has 1 aliphatic carbocycles. The number of rotatable bonds is 2. The summed E-state index contributed by atoms with van der Waals surface area (Å²) in [6.07, 6.45) is 1.26. The Morgan fingerprint density at radius 3 is 2.95 bits per heavy atom. The smallest absolute Gasteiger partial charge is 0.253 e. The molecule has 1 aliphatic rings. The number of hydrogen-bond donors (Lipinski definition) is 1. The molecule has 116 valence electrons. The first-order valence-electron chi connectivity index (χ1n) is 7.28. The van der Waals surface area contributed by atoms with Crippen molar-refractivity contribution in [2.75, 3.05) is 0 Å². The standard InChI is InChI=1S/C17H18ClFN2O/c1-10-7-13(18)15(8-14(10)19)20-17(22)12-9-21(2)16-6-4-3-5-11(12)16/h3-6,9,13-15H,1,7-8H2,2H3,(H,20,22). The van der Waals surface area contributed by atoms with E-state index in [0.29, 0.717) is 17.6 Å². The molecule has 0 radical (unpaired) electrons. The zero-order valence-corrected chi connectivity index (χ0v) is 13.1. The Morgan fingerprint density at radius 1 is 1.45 bits per heavy atom. The van der Waals surface area contributed by atoms with Gasteiger partial charge in [-0.25, -0.2) is 4.39 Å². The summed E-state index contributed by atoms with van der Waals surface area (Å²) in [5, 5.41) is 3.44. The van der Waals surface area contributed by atoms with Crippen LogP contribution < -0.4 is 5.32 Å². The number of nitrogens with one attached hydrogen (secondary N) is 1. The summed E-state index contributed by atoms with van der Waals surface area (Å²) in [6.45, 7) is 3.69. The highest BCUT2D eigenvalue weighted by Gasteiger charge is 2.33. The van der Waals surface area contributed by atoms with Crippen molar-refractivity contribution in [1.29, 1.82) is 0 Å². The number of aromatic nitrogens is 1. The second kappa shape index (κ2) is 5.76. The van der Waals surface area contributed by atoms with Crippen molar-refractivity contribution in [2.24, 2.45) is 7.05 Å².